The molecule has 1 aromatic heterocycles. The normalized spacial score (nSPS) is 17.1. The molecule has 5 nitrogen and oxygen atoms in total. The van der Waals surface area contributed by atoms with Gasteiger partial charge in [0.25, 0.3) is 5.91 Å². The molecule has 0 radical (unpaired) electrons. The first-order valence-corrected chi connectivity index (χ1v) is 6.58. The SMILES string of the molecule is CCn1ncc(C(=O)N2CCCNCC2)c1C(F)(F)F. The van der Waals surface area contributed by atoms with E-state index in [9.17, 15) is 18.0 Å². The number of carbonyl (C=O) groups is 1. The molecule has 0 atom stereocenters. The summed E-state index contributed by atoms with van der Waals surface area (Å²) in [7, 11) is 0. The van der Waals surface area contributed by atoms with E-state index in [1.165, 1.54) is 4.90 Å². The first kappa shape index (κ1) is 14.8. The fraction of sp³-hybridized carbons (Fsp3) is 0.667. The van der Waals surface area contributed by atoms with E-state index in [4.69, 9.17) is 0 Å². The van der Waals surface area contributed by atoms with Crippen molar-refractivity contribution in [2.75, 3.05) is 26.2 Å². The standard InChI is InChI=1S/C12H17F3N4O/c1-2-19-10(12(13,14)15)9(8-17-19)11(20)18-6-3-4-16-5-7-18/h8,16H,2-7H2,1H3. The van der Waals surface area contributed by atoms with Crippen LogP contribution in [0.1, 0.15) is 29.4 Å². The van der Waals surface area contributed by atoms with Crippen LogP contribution >= 0.6 is 0 Å². The number of halogens is 3. The lowest BCUT2D eigenvalue weighted by molar-refractivity contribution is -0.144. The second-order valence-electron chi connectivity index (χ2n) is 4.62. The Kier molecular flexibility index (Phi) is 4.32. The van der Waals surface area contributed by atoms with Gasteiger partial charge in [0, 0.05) is 26.2 Å². The van der Waals surface area contributed by atoms with Crippen LogP contribution in [-0.2, 0) is 12.7 Å². The van der Waals surface area contributed by atoms with Crippen LogP contribution in [0.4, 0.5) is 13.2 Å². The maximum atomic E-state index is 13.1. The van der Waals surface area contributed by atoms with Gasteiger partial charge in [-0.05, 0) is 19.9 Å². The van der Waals surface area contributed by atoms with E-state index in [1.807, 2.05) is 0 Å². The number of rotatable bonds is 2. The number of aryl methyl sites for hydroxylation is 1. The van der Waals surface area contributed by atoms with Crippen LogP contribution in [-0.4, -0.2) is 46.8 Å². The molecule has 8 heteroatoms. The van der Waals surface area contributed by atoms with E-state index in [0.717, 1.165) is 23.8 Å². The van der Waals surface area contributed by atoms with Crippen molar-refractivity contribution in [3.63, 3.8) is 0 Å². The van der Waals surface area contributed by atoms with Crippen LogP contribution in [0.15, 0.2) is 6.20 Å². The number of amides is 1. The number of hydrogen-bond donors (Lipinski definition) is 1. The van der Waals surface area contributed by atoms with Crippen molar-refractivity contribution in [1.82, 2.24) is 20.0 Å². The van der Waals surface area contributed by atoms with E-state index in [2.05, 4.69) is 10.4 Å². The summed E-state index contributed by atoms with van der Waals surface area (Å²) in [5, 5.41) is 6.78. The minimum absolute atomic E-state index is 0.0731. The predicted octanol–water partition coefficient (Wildman–Crippen LogP) is 1.36. The molecule has 0 unspecified atom stereocenters. The van der Waals surface area contributed by atoms with Gasteiger partial charge in [-0.3, -0.25) is 9.48 Å². The topological polar surface area (TPSA) is 50.2 Å². The lowest BCUT2D eigenvalue weighted by Gasteiger charge is -2.20. The highest BCUT2D eigenvalue weighted by Gasteiger charge is 2.40. The molecular weight excluding hydrogens is 273 g/mol. The van der Waals surface area contributed by atoms with Crippen LogP contribution in [0.5, 0.6) is 0 Å². The van der Waals surface area contributed by atoms with Gasteiger partial charge in [-0.2, -0.15) is 18.3 Å². The smallest absolute Gasteiger partial charge is 0.337 e. The van der Waals surface area contributed by atoms with Crippen molar-refractivity contribution in [1.29, 1.82) is 0 Å². The molecule has 20 heavy (non-hydrogen) atoms. The van der Waals surface area contributed by atoms with Crippen molar-refractivity contribution in [2.45, 2.75) is 26.1 Å². The molecule has 1 N–H and O–H groups in total. The summed E-state index contributed by atoms with van der Waals surface area (Å²) in [6, 6.07) is 0. The number of nitrogens with one attached hydrogen (secondary N) is 1. The summed E-state index contributed by atoms with van der Waals surface area (Å²) in [5.74, 6) is -0.597. The summed E-state index contributed by atoms with van der Waals surface area (Å²) >= 11 is 0. The van der Waals surface area contributed by atoms with E-state index >= 15 is 0 Å². The minimum atomic E-state index is -4.58. The highest BCUT2D eigenvalue weighted by atomic mass is 19.4. The first-order chi connectivity index (χ1) is 9.45. The van der Waals surface area contributed by atoms with Crippen molar-refractivity contribution in [3.05, 3.63) is 17.5 Å². The zero-order valence-electron chi connectivity index (χ0n) is 11.2. The van der Waals surface area contributed by atoms with Crippen LogP contribution in [0.3, 0.4) is 0 Å². The van der Waals surface area contributed by atoms with Crippen LogP contribution < -0.4 is 5.32 Å². The maximum Gasteiger partial charge on any atom is 0.433 e. The fourth-order valence-corrected chi connectivity index (χ4v) is 2.30. The van der Waals surface area contributed by atoms with Crippen molar-refractivity contribution >= 4 is 5.91 Å². The molecule has 0 aliphatic carbocycles. The lowest BCUT2D eigenvalue weighted by Crippen LogP contribution is -2.35. The molecule has 1 saturated heterocycles. The van der Waals surface area contributed by atoms with Crippen molar-refractivity contribution < 1.29 is 18.0 Å². The molecule has 0 bridgehead atoms. The predicted molar refractivity (Wildman–Crippen MR) is 66.3 cm³/mol. The van der Waals surface area contributed by atoms with Crippen molar-refractivity contribution in [2.24, 2.45) is 0 Å². The molecule has 1 aromatic rings. The summed E-state index contributed by atoms with van der Waals surface area (Å²) in [6.07, 6.45) is -2.83. The third-order valence-corrected chi connectivity index (χ3v) is 3.27. The third kappa shape index (κ3) is 2.95. The first-order valence-electron chi connectivity index (χ1n) is 6.58. The molecule has 0 spiro atoms. The Bertz CT molecular complexity index is 476. The van der Waals surface area contributed by atoms with Crippen LogP contribution in [0.2, 0.25) is 0 Å². The second kappa shape index (κ2) is 5.82. The van der Waals surface area contributed by atoms with Gasteiger partial charge in [0.2, 0.25) is 0 Å². The Morgan fingerprint density at radius 1 is 1.40 bits per heavy atom. The van der Waals surface area contributed by atoms with Gasteiger partial charge in [-0.25, -0.2) is 0 Å². The van der Waals surface area contributed by atoms with E-state index in [1.54, 1.807) is 6.92 Å². The molecule has 0 aromatic carbocycles. The molecule has 1 aliphatic heterocycles. The largest absolute Gasteiger partial charge is 0.433 e. The summed E-state index contributed by atoms with van der Waals surface area (Å²) in [4.78, 5) is 13.7. The Morgan fingerprint density at radius 2 is 2.15 bits per heavy atom. The van der Waals surface area contributed by atoms with Gasteiger partial charge in [0.1, 0.15) is 0 Å². The summed E-state index contributed by atoms with van der Waals surface area (Å²) < 4.78 is 40.1. The van der Waals surface area contributed by atoms with E-state index in [0.29, 0.717) is 19.6 Å². The molecule has 1 fully saturated rings. The average Bonchev–Trinajstić information content (AvgIpc) is 2.65. The Hall–Kier alpha value is -1.57. The van der Waals surface area contributed by atoms with Gasteiger partial charge in [0.15, 0.2) is 5.69 Å². The van der Waals surface area contributed by atoms with Crippen molar-refractivity contribution in [3.8, 4) is 0 Å². The molecule has 2 heterocycles. The highest BCUT2D eigenvalue weighted by Crippen LogP contribution is 2.32. The van der Waals surface area contributed by atoms with Crippen LogP contribution in [0, 0.1) is 0 Å². The Balaban J connectivity index is 2.32. The van der Waals surface area contributed by atoms with Gasteiger partial charge in [-0.15, -0.1) is 0 Å². The fourth-order valence-electron chi connectivity index (χ4n) is 2.30. The molecule has 2 rings (SSSR count). The number of aromatic nitrogens is 2. The Labute approximate surface area is 114 Å². The maximum absolute atomic E-state index is 13.1. The summed E-state index contributed by atoms with van der Waals surface area (Å²) in [6.45, 7) is 3.86. The molecule has 112 valence electrons. The second-order valence-corrected chi connectivity index (χ2v) is 4.62. The quantitative estimate of drug-likeness (QED) is 0.894. The lowest BCUT2D eigenvalue weighted by atomic mass is 10.2. The number of alkyl halides is 3. The zero-order chi connectivity index (χ0) is 14.8. The number of carbonyl (C=O) groups excluding carboxylic acids is 1. The number of nitrogens with zero attached hydrogens (tertiary/aromatic N) is 3. The average molecular weight is 290 g/mol. The highest BCUT2D eigenvalue weighted by molar-refractivity contribution is 5.95. The third-order valence-electron chi connectivity index (χ3n) is 3.27. The molecule has 1 amide bonds. The minimum Gasteiger partial charge on any atom is -0.337 e. The molecular formula is C12H17F3N4O. The zero-order valence-corrected chi connectivity index (χ0v) is 11.2. The van der Waals surface area contributed by atoms with Crippen LogP contribution in [0.25, 0.3) is 0 Å². The molecule has 0 saturated carbocycles. The monoisotopic (exact) mass is 290 g/mol. The van der Waals surface area contributed by atoms with Gasteiger partial charge in [0.05, 0.1) is 11.8 Å². The van der Waals surface area contributed by atoms with Gasteiger partial charge < -0.3 is 10.2 Å². The summed E-state index contributed by atoms with van der Waals surface area (Å²) in [5.41, 5.74) is -1.32. The van der Waals surface area contributed by atoms with E-state index in [-0.39, 0.29) is 12.1 Å². The molecule has 1 aliphatic rings. The van der Waals surface area contributed by atoms with E-state index < -0.39 is 17.8 Å². The Morgan fingerprint density at radius 3 is 2.80 bits per heavy atom. The van der Waals surface area contributed by atoms with Gasteiger partial charge >= 0.3 is 6.18 Å². The van der Waals surface area contributed by atoms with Gasteiger partial charge in [-0.1, -0.05) is 0 Å². The number of hydrogen-bond acceptors (Lipinski definition) is 3.